The number of ether oxygens (including phenoxy) is 9. The molecule has 6 unspecified atom stereocenters. The Bertz CT molecular complexity index is 1400. The second-order valence-electron chi connectivity index (χ2n) is 12.7. The SMILES string of the molecule is CC1OCC2O[C@@H](O[C@@H]3C(C)[C@H](OCc4ccccc4)OC4COC(C)O[C@H]43)C(C)[C@@H](OCc3ccc4ccccc4c3)[C@@H]2O1. The monoisotopic (exact) mass is 620 g/mol. The van der Waals surface area contributed by atoms with Crippen LogP contribution in [-0.4, -0.2) is 75.0 Å². The number of hydrogen-bond donors (Lipinski definition) is 0. The van der Waals surface area contributed by atoms with Gasteiger partial charge in [-0.25, -0.2) is 0 Å². The molecule has 4 saturated heterocycles. The van der Waals surface area contributed by atoms with Crippen LogP contribution in [0.3, 0.4) is 0 Å². The molecule has 242 valence electrons. The van der Waals surface area contributed by atoms with Crippen LogP contribution in [-0.2, 0) is 55.8 Å². The molecule has 0 aromatic heterocycles. The average Bonchev–Trinajstić information content (AvgIpc) is 3.06. The first kappa shape index (κ1) is 31.2. The summed E-state index contributed by atoms with van der Waals surface area (Å²) in [6.45, 7) is 9.66. The van der Waals surface area contributed by atoms with E-state index in [4.69, 9.17) is 42.6 Å². The molecule has 9 heteroatoms. The van der Waals surface area contributed by atoms with E-state index in [1.165, 1.54) is 10.8 Å². The van der Waals surface area contributed by atoms with E-state index >= 15 is 0 Å². The fourth-order valence-corrected chi connectivity index (χ4v) is 6.88. The summed E-state index contributed by atoms with van der Waals surface area (Å²) in [5.74, 6) is -0.295. The van der Waals surface area contributed by atoms with Gasteiger partial charge < -0.3 is 42.6 Å². The fourth-order valence-electron chi connectivity index (χ4n) is 6.88. The molecule has 12 atom stereocenters. The lowest BCUT2D eigenvalue weighted by Gasteiger charge is -2.52. The van der Waals surface area contributed by atoms with Gasteiger partial charge in [-0.3, -0.25) is 0 Å². The van der Waals surface area contributed by atoms with Gasteiger partial charge in [0.25, 0.3) is 0 Å². The van der Waals surface area contributed by atoms with Gasteiger partial charge in [-0.05, 0) is 41.8 Å². The van der Waals surface area contributed by atoms with Gasteiger partial charge in [0.05, 0.1) is 38.6 Å². The van der Waals surface area contributed by atoms with Crippen molar-refractivity contribution in [1.29, 1.82) is 0 Å². The Hall–Kier alpha value is -2.44. The largest absolute Gasteiger partial charge is 0.370 e. The number of benzene rings is 3. The summed E-state index contributed by atoms with van der Waals surface area (Å²) >= 11 is 0. The third-order valence-corrected chi connectivity index (χ3v) is 9.39. The zero-order chi connectivity index (χ0) is 30.9. The van der Waals surface area contributed by atoms with Crippen LogP contribution in [0.5, 0.6) is 0 Å². The third kappa shape index (κ3) is 6.83. The zero-order valence-electron chi connectivity index (χ0n) is 26.4. The van der Waals surface area contributed by atoms with E-state index in [-0.39, 0.29) is 61.0 Å². The predicted molar refractivity (Wildman–Crippen MR) is 165 cm³/mol. The summed E-state index contributed by atoms with van der Waals surface area (Å²) < 4.78 is 57.1. The van der Waals surface area contributed by atoms with Crippen LogP contribution in [0.1, 0.15) is 38.8 Å². The quantitative estimate of drug-likeness (QED) is 0.321. The molecule has 0 saturated carbocycles. The Balaban J connectivity index is 1.10. The molecule has 0 radical (unpaired) electrons. The molecule has 4 aliphatic heterocycles. The predicted octanol–water partition coefficient (Wildman–Crippen LogP) is 5.57. The van der Waals surface area contributed by atoms with E-state index in [0.717, 1.165) is 11.1 Å². The van der Waals surface area contributed by atoms with Crippen molar-refractivity contribution in [1.82, 2.24) is 0 Å². The summed E-state index contributed by atoms with van der Waals surface area (Å²) in [7, 11) is 0. The first-order valence-electron chi connectivity index (χ1n) is 16.2. The van der Waals surface area contributed by atoms with E-state index < -0.39 is 12.6 Å². The Labute approximate surface area is 264 Å². The van der Waals surface area contributed by atoms with Crippen molar-refractivity contribution in [2.45, 2.75) is 103 Å². The minimum absolute atomic E-state index is 0.147. The molecule has 0 spiro atoms. The molecule has 0 bridgehead atoms. The summed E-state index contributed by atoms with van der Waals surface area (Å²) in [4.78, 5) is 0. The lowest BCUT2D eigenvalue weighted by molar-refractivity contribution is -0.392. The van der Waals surface area contributed by atoms with Crippen LogP contribution < -0.4 is 0 Å². The van der Waals surface area contributed by atoms with Crippen LogP contribution in [0.25, 0.3) is 10.8 Å². The molecule has 4 heterocycles. The Kier molecular flexibility index (Phi) is 9.51. The number of hydrogen-bond acceptors (Lipinski definition) is 9. The molecular formula is C36H44O9. The van der Waals surface area contributed by atoms with Crippen LogP contribution in [0.2, 0.25) is 0 Å². The van der Waals surface area contributed by atoms with Crippen molar-refractivity contribution < 1.29 is 42.6 Å². The van der Waals surface area contributed by atoms with E-state index in [1.807, 2.05) is 44.2 Å². The second kappa shape index (κ2) is 13.7. The smallest absolute Gasteiger partial charge is 0.163 e. The summed E-state index contributed by atoms with van der Waals surface area (Å²) in [6, 6.07) is 24.9. The van der Waals surface area contributed by atoms with Crippen LogP contribution in [0.15, 0.2) is 72.8 Å². The lowest BCUT2D eigenvalue weighted by atomic mass is 9.89. The molecule has 4 aliphatic rings. The van der Waals surface area contributed by atoms with Crippen molar-refractivity contribution in [2.75, 3.05) is 13.2 Å². The lowest BCUT2D eigenvalue weighted by Crippen LogP contribution is -2.64. The molecule has 0 aliphatic carbocycles. The molecule has 3 aromatic rings. The topological polar surface area (TPSA) is 83.1 Å². The zero-order valence-corrected chi connectivity index (χ0v) is 26.4. The minimum Gasteiger partial charge on any atom is -0.370 e. The van der Waals surface area contributed by atoms with Crippen molar-refractivity contribution in [3.05, 3.63) is 83.9 Å². The highest BCUT2D eigenvalue weighted by Gasteiger charge is 2.53. The van der Waals surface area contributed by atoms with Crippen LogP contribution in [0, 0.1) is 11.8 Å². The van der Waals surface area contributed by atoms with Crippen molar-refractivity contribution >= 4 is 10.8 Å². The highest BCUT2D eigenvalue weighted by atomic mass is 16.8. The molecule has 4 fully saturated rings. The molecule has 0 N–H and O–H groups in total. The summed E-state index contributed by atoms with van der Waals surface area (Å²) in [5.41, 5.74) is 2.18. The standard InChI is InChI=1S/C36H44O9/c1-21-31(39-18-26-14-15-27-12-8-9-13-28(27)16-26)33-29(19-37-23(3)41-33)44-36(21)45-32-22(2)35(40-17-25-10-6-5-7-11-25)43-30-20-38-24(4)42-34(30)32/h5-16,21-24,29-36H,17-20H2,1-4H3/t21?,22?,23?,24?,29?,30?,31-,32-,33-,34-,35-,36+/m1/s1. The highest BCUT2D eigenvalue weighted by Crippen LogP contribution is 2.40. The van der Waals surface area contributed by atoms with E-state index in [9.17, 15) is 0 Å². The normalized spacial score (nSPS) is 38.4. The molecule has 0 amide bonds. The van der Waals surface area contributed by atoms with E-state index in [1.54, 1.807) is 0 Å². The van der Waals surface area contributed by atoms with Crippen LogP contribution in [0.4, 0.5) is 0 Å². The van der Waals surface area contributed by atoms with Crippen LogP contribution >= 0.6 is 0 Å². The minimum atomic E-state index is -0.587. The van der Waals surface area contributed by atoms with Crippen molar-refractivity contribution in [3.63, 3.8) is 0 Å². The molecular weight excluding hydrogens is 576 g/mol. The Morgan fingerprint density at radius 3 is 1.91 bits per heavy atom. The molecule has 9 nitrogen and oxygen atoms in total. The number of fused-ring (bicyclic) bond motifs is 3. The average molecular weight is 621 g/mol. The highest BCUT2D eigenvalue weighted by molar-refractivity contribution is 5.82. The summed E-state index contributed by atoms with van der Waals surface area (Å²) in [6.07, 6.45) is -3.77. The van der Waals surface area contributed by atoms with Gasteiger partial charge in [-0.2, -0.15) is 0 Å². The van der Waals surface area contributed by atoms with Crippen molar-refractivity contribution in [3.8, 4) is 0 Å². The summed E-state index contributed by atoms with van der Waals surface area (Å²) in [5, 5.41) is 2.39. The van der Waals surface area contributed by atoms with E-state index in [0.29, 0.717) is 26.4 Å². The van der Waals surface area contributed by atoms with Crippen molar-refractivity contribution in [2.24, 2.45) is 11.8 Å². The van der Waals surface area contributed by atoms with E-state index in [2.05, 4.69) is 56.3 Å². The first-order valence-corrected chi connectivity index (χ1v) is 16.2. The molecule has 7 rings (SSSR count). The van der Waals surface area contributed by atoms with Gasteiger partial charge in [0, 0.05) is 11.8 Å². The fraction of sp³-hybridized carbons (Fsp3) is 0.556. The van der Waals surface area contributed by atoms with Gasteiger partial charge in [0.2, 0.25) is 0 Å². The first-order chi connectivity index (χ1) is 21.9. The maximum atomic E-state index is 6.92. The van der Waals surface area contributed by atoms with Gasteiger partial charge >= 0.3 is 0 Å². The maximum absolute atomic E-state index is 6.92. The third-order valence-electron chi connectivity index (χ3n) is 9.39. The van der Waals surface area contributed by atoms with Gasteiger partial charge in [0.1, 0.15) is 24.4 Å². The molecule has 45 heavy (non-hydrogen) atoms. The maximum Gasteiger partial charge on any atom is 0.163 e. The number of rotatable bonds is 8. The molecule has 3 aromatic carbocycles. The van der Waals surface area contributed by atoms with Gasteiger partial charge in [-0.15, -0.1) is 0 Å². The van der Waals surface area contributed by atoms with Gasteiger partial charge in [-0.1, -0.05) is 80.6 Å². The van der Waals surface area contributed by atoms with Gasteiger partial charge in [0.15, 0.2) is 25.2 Å². The Morgan fingerprint density at radius 2 is 1.18 bits per heavy atom. The second-order valence-corrected chi connectivity index (χ2v) is 12.7. The Morgan fingerprint density at radius 1 is 0.578 bits per heavy atom.